The van der Waals surface area contributed by atoms with Crippen LogP contribution in [0.4, 0.5) is 34.1 Å². The van der Waals surface area contributed by atoms with Gasteiger partial charge in [0.25, 0.3) is 0 Å². The van der Waals surface area contributed by atoms with Crippen molar-refractivity contribution < 1.29 is 0 Å². The average molecular weight is 773 g/mol. The van der Waals surface area contributed by atoms with E-state index >= 15 is 0 Å². The molecule has 4 unspecified atom stereocenters. The molecule has 12 rings (SSSR count). The molecule has 4 fully saturated rings. The Labute approximate surface area is 354 Å². The number of hydrogen-bond donors (Lipinski definition) is 0. The number of nitrogens with zero attached hydrogens (tertiary/aromatic N) is 2. The quantitative estimate of drug-likeness (QED) is 0.137. The second kappa shape index (κ2) is 14.0. The summed E-state index contributed by atoms with van der Waals surface area (Å²) >= 11 is 0. The van der Waals surface area contributed by atoms with E-state index in [0.29, 0.717) is 0 Å². The lowest BCUT2D eigenvalue weighted by atomic mass is 9.24. The zero-order valence-corrected chi connectivity index (χ0v) is 33.8. The average Bonchev–Trinajstić information content (AvgIpc) is 3.64. The molecule has 0 N–H and O–H groups in total. The molecule has 8 aromatic carbocycles. The Balaban J connectivity index is 0.827. The van der Waals surface area contributed by atoms with Crippen LogP contribution in [-0.4, -0.2) is 0 Å². The summed E-state index contributed by atoms with van der Waals surface area (Å²) in [5.41, 5.74) is 15.8. The predicted octanol–water partition coefficient (Wildman–Crippen LogP) is 15.2. The number of fused-ring (bicyclic) bond motifs is 2. The maximum Gasteiger partial charge on any atom is 0.0462 e. The molecule has 0 heterocycles. The molecule has 0 aromatic heterocycles. The summed E-state index contributed by atoms with van der Waals surface area (Å²) in [6.45, 7) is 0. The first-order valence-corrected chi connectivity index (χ1v) is 22.0. The summed E-state index contributed by atoms with van der Waals surface area (Å²) in [4.78, 5) is 4.66. The van der Waals surface area contributed by atoms with Crippen LogP contribution in [0, 0.1) is 23.7 Å². The SMILES string of the molecule is c1ccc(N(c2ccccc2)c2ccc(-c3ccc(C45C6CCC4C4CCC6C45c4ccc(-c5ccc(N(c6ccccc6)c6ccccc6)cc5)cc4)cc3)cc2)cc1. The standard InChI is InChI=1S/C58H48N2/c1-5-13-47(14-6-1)59(48-15-7-2-8-16-48)51-33-25-43(26-34-51)41-21-29-45(30-22-41)57-53-37-38-54(57)56-40-39-55(53)58(56,57)46-31-23-42(24-32-46)44-27-35-52(36-28-44)60(49-17-9-3-10-18-49)50-19-11-4-12-20-50/h1-36,53-56H,37-40H2. The van der Waals surface area contributed by atoms with Crippen LogP contribution in [0.15, 0.2) is 218 Å². The van der Waals surface area contributed by atoms with Crippen LogP contribution >= 0.6 is 0 Å². The normalized spacial score (nSPS) is 24.2. The molecule has 2 heteroatoms. The molecule has 4 aliphatic rings. The van der Waals surface area contributed by atoms with E-state index in [1.54, 1.807) is 11.1 Å². The fourth-order valence-electron chi connectivity index (χ4n) is 13.3. The highest BCUT2D eigenvalue weighted by Crippen LogP contribution is 2.90. The van der Waals surface area contributed by atoms with Gasteiger partial charge in [-0.15, -0.1) is 0 Å². The summed E-state index contributed by atoms with van der Waals surface area (Å²) in [6.07, 6.45) is 5.57. The Hall–Kier alpha value is -6.64. The number of para-hydroxylation sites is 4. The molecule has 4 atom stereocenters. The van der Waals surface area contributed by atoms with E-state index in [9.17, 15) is 0 Å². The molecule has 290 valence electrons. The minimum atomic E-state index is 0.272. The monoisotopic (exact) mass is 772 g/mol. The van der Waals surface area contributed by atoms with Gasteiger partial charge in [-0.1, -0.05) is 146 Å². The van der Waals surface area contributed by atoms with Gasteiger partial charge in [0.15, 0.2) is 0 Å². The van der Waals surface area contributed by atoms with Gasteiger partial charge in [-0.25, -0.2) is 0 Å². The van der Waals surface area contributed by atoms with Crippen molar-refractivity contribution in [3.8, 4) is 22.3 Å². The van der Waals surface area contributed by atoms with E-state index in [1.165, 1.54) is 47.9 Å². The van der Waals surface area contributed by atoms with Crippen molar-refractivity contribution in [2.45, 2.75) is 36.5 Å². The third-order valence-electron chi connectivity index (χ3n) is 15.3. The van der Waals surface area contributed by atoms with Gasteiger partial charge in [-0.2, -0.15) is 0 Å². The van der Waals surface area contributed by atoms with Crippen LogP contribution in [0.2, 0.25) is 0 Å². The number of rotatable bonds is 10. The summed E-state index contributed by atoms with van der Waals surface area (Å²) in [5.74, 6) is 3.21. The highest BCUT2D eigenvalue weighted by atomic mass is 15.1. The fraction of sp³-hybridized carbons (Fsp3) is 0.172. The predicted molar refractivity (Wildman–Crippen MR) is 249 cm³/mol. The van der Waals surface area contributed by atoms with E-state index in [1.807, 2.05) is 0 Å². The van der Waals surface area contributed by atoms with Gasteiger partial charge in [0.2, 0.25) is 0 Å². The van der Waals surface area contributed by atoms with E-state index in [4.69, 9.17) is 0 Å². The zero-order chi connectivity index (χ0) is 39.7. The van der Waals surface area contributed by atoms with E-state index in [-0.39, 0.29) is 10.8 Å². The molecule has 0 bridgehead atoms. The number of hydrogen-bond acceptors (Lipinski definition) is 2. The highest BCUT2D eigenvalue weighted by Gasteiger charge is 2.88. The van der Waals surface area contributed by atoms with Crippen molar-refractivity contribution in [1.82, 2.24) is 0 Å². The molecular weight excluding hydrogens is 725 g/mol. The highest BCUT2D eigenvalue weighted by molar-refractivity contribution is 5.80. The summed E-state index contributed by atoms with van der Waals surface area (Å²) in [5, 5.41) is 0. The molecule has 60 heavy (non-hydrogen) atoms. The largest absolute Gasteiger partial charge is 0.311 e. The lowest BCUT2D eigenvalue weighted by Crippen LogP contribution is -2.80. The topological polar surface area (TPSA) is 6.48 Å². The van der Waals surface area contributed by atoms with E-state index < -0.39 is 0 Å². The molecule has 0 saturated heterocycles. The molecule has 4 saturated carbocycles. The van der Waals surface area contributed by atoms with Gasteiger partial charge < -0.3 is 9.80 Å². The second-order valence-corrected chi connectivity index (χ2v) is 17.6. The van der Waals surface area contributed by atoms with Crippen LogP contribution in [0.25, 0.3) is 22.3 Å². The van der Waals surface area contributed by atoms with Gasteiger partial charge in [0, 0.05) is 45.0 Å². The molecule has 8 aromatic rings. The molecule has 4 aliphatic carbocycles. The fourth-order valence-corrected chi connectivity index (χ4v) is 13.3. The van der Waals surface area contributed by atoms with Crippen molar-refractivity contribution in [2.75, 3.05) is 9.80 Å². The van der Waals surface area contributed by atoms with E-state index in [0.717, 1.165) is 57.8 Å². The second-order valence-electron chi connectivity index (χ2n) is 17.6. The van der Waals surface area contributed by atoms with Gasteiger partial charge in [-0.3, -0.25) is 0 Å². The van der Waals surface area contributed by atoms with Crippen LogP contribution in [0.1, 0.15) is 36.8 Å². The number of anilines is 6. The van der Waals surface area contributed by atoms with Crippen LogP contribution in [0.5, 0.6) is 0 Å². The molecule has 2 nitrogen and oxygen atoms in total. The summed E-state index contributed by atoms with van der Waals surface area (Å²) in [7, 11) is 0. The molecule has 0 amide bonds. The molecule has 0 aliphatic heterocycles. The zero-order valence-electron chi connectivity index (χ0n) is 33.8. The lowest BCUT2D eigenvalue weighted by molar-refractivity contribution is -0.195. The first kappa shape index (κ1) is 35.3. The maximum atomic E-state index is 2.52. The first-order valence-electron chi connectivity index (χ1n) is 22.0. The smallest absolute Gasteiger partial charge is 0.0462 e. The van der Waals surface area contributed by atoms with E-state index in [2.05, 4.69) is 228 Å². The Morgan fingerprint density at radius 2 is 0.467 bits per heavy atom. The van der Waals surface area contributed by atoms with Crippen molar-refractivity contribution >= 4 is 34.1 Å². The van der Waals surface area contributed by atoms with Gasteiger partial charge in [0.05, 0.1) is 0 Å². The van der Waals surface area contributed by atoms with Crippen molar-refractivity contribution in [1.29, 1.82) is 0 Å². The molecular formula is C58H48N2. The minimum absolute atomic E-state index is 0.272. The van der Waals surface area contributed by atoms with Crippen LogP contribution < -0.4 is 9.80 Å². The molecule has 0 spiro atoms. The van der Waals surface area contributed by atoms with Crippen molar-refractivity contribution in [2.24, 2.45) is 23.7 Å². The Kier molecular flexibility index (Phi) is 8.23. The maximum absolute atomic E-state index is 2.52. The summed E-state index contributed by atoms with van der Waals surface area (Å²) in [6, 6.07) is 80.6. The van der Waals surface area contributed by atoms with Crippen molar-refractivity contribution in [3.05, 3.63) is 230 Å². The third-order valence-corrected chi connectivity index (χ3v) is 15.3. The number of benzene rings is 8. The van der Waals surface area contributed by atoms with Crippen LogP contribution in [-0.2, 0) is 10.8 Å². The minimum Gasteiger partial charge on any atom is -0.311 e. The van der Waals surface area contributed by atoms with Gasteiger partial charge in [0.1, 0.15) is 0 Å². The third kappa shape index (κ3) is 5.07. The lowest BCUT2D eigenvalue weighted by Gasteiger charge is -2.78. The first-order chi connectivity index (χ1) is 29.7. The van der Waals surface area contributed by atoms with Gasteiger partial charge in [-0.05, 0) is 156 Å². The summed E-state index contributed by atoms with van der Waals surface area (Å²) < 4.78 is 0. The van der Waals surface area contributed by atoms with Crippen LogP contribution in [0.3, 0.4) is 0 Å². The molecule has 0 radical (unpaired) electrons. The van der Waals surface area contributed by atoms with Crippen molar-refractivity contribution in [3.63, 3.8) is 0 Å². The van der Waals surface area contributed by atoms with Gasteiger partial charge >= 0.3 is 0 Å². The Morgan fingerprint density at radius 1 is 0.250 bits per heavy atom. The Bertz CT molecular complexity index is 2450. The Morgan fingerprint density at radius 3 is 0.717 bits per heavy atom.